The van der Waals surface area contributed by atoms with Crippen LogP contribution in [0.1, 0.15) is 11.4 Å². The Balaban J connectivity index is 1.52. The van der Waals surface area contributed by atoms with Crippen molar-refractivity contribution in [3.05, 3.63) is 40.4 Å². The number of anilines is 2. The van der Waals surface area contributed by atoms with Gasteiger partial charge in [0.1, 0.15) is 11.5 Å². The van der Waals surface area contributed by atoms with Gasteiger partial charge in [0.25, 0.3) is 0 Å². The van der Waals surface area contributed by atoms with Gasteiger partial charge >= 0.3 is 0 Å². The molecule has 1 aliphatic heterocycles. The van der Waals surface area contributed by atoms with Gasteiger partial charge in [-0.2, -0.15) is 0 Å². The molecule has 3 aromatic rings. The van der Waals surface area contributed by atoms with Crippen LogP contribution in [0, 0.1) is 12.8 Å². The minimum absolute atomic E-state index is 0.112. The average Bonchev–Trinajstić information content (AvgIpc) is 3.29. The lowest BCUT2D eigenvalue weighted by molar-refractivity contribution is -0.122. The van der Waals surface area contributed by atoms with Crippen molar-refractivity contribution in [2.75, 3.05) is 31.0 Å². The monoisotopic (exact) mass is 445 g/mol. The zero-order chi connectivity index (χ0) is 21.4. The fourth-order valence-electron chi connectivity index (χ4n) is 3.53. The number of halogens is 1. The Morgan fingerprint density at radius 3 is 2.73 bits per heavy atom. The maximum Gasteiger partial charge on any atom is 0.229 e. The molecule has 2 amide bonds. The summed E-state index contributed by atoms with van der Waals surface area (Å²) < 4.78 is 11.6. The fourth-order valence-corrected chi connectivity index (χ4v) is 4.63. The van der Waals surface area contributed by atoms with Crippen molar-refractivity contribution in [3.8, 4) is 11.5 Å². The SMILES string of the molecule is COc1cc(OC)c(N2C[C@H](C(=O)Nc3ccc4nc(C)sc4c3)CC2=O)cc1Cl. The van der Waals surface area contributed by atoms with Crippen molar-refractivity contribution in [1.29, 1.82) is 0 Å². The summed E-state index contributed by atoms with van der Waals surface area (Å²) in [7, 11) is 3.01. The Hall–Kier alpha value is -2.84. The van der Waals surface area contributed by atoms with Crippen molar-refractivity contribution in [1.82, 2.24) is 4.98 Å². The van der Waals surface area contributed by atoms with Crippen LogP contribution < -0.4 is 19.7 Å². The van der Waals surface area contributed by atoms with Gasteiger partial charge in [0, 0.05) is 24.7 Å². The van der Waals surface area contributed by atoms with E-state index < -0.39 is 5.92 Å². The predicted molar refractivity (Wildman–Crippen MR) is 118 cm³/mol. The first kappa shape index (κ1) is 20.4. The van der Waals surface area contributed by atoms with E-state index in [2.05, 4.69) is 10.3 Å². The highest BCUT2D eigenvalue weighted by atomic mass is 35.5. The zero-order valence-electron chi connectivity index (χ0n) is 16.7. The van der Waals surface area contributed by atoms with Crippen molar-refractivity contribution >= 4 is 56.3 Å². The van der Waals surface area contributed by atoms with E-state index in [1.54, 1.807) is 23.5 Å². The molecule has 0 unspecified atom stereocenters. The second kappa shape index (κ2) is 8.12. The third kappa shape index (κ3) is 3.80. The number of carbonyl (C=O) groups excluding carboxylic acids is 2. The van der Waals surface area contributed by atoms with E-state index >= 15 is 0 Å². The van der Waals surface area contributed by atoms with Gasteiger partial charge in [0.15, 0.2) is 0 Å². The number of thiazole rings is 1. The first-order valence-electron chi connectivity index (χ1n) is 9.29. The maximum absolute atomic E-state index is 12.8. The molecule has 30 heavy (non-hydrogen) atoms. The summed E-state index contributed by atoms with van der Waals surface area (Å²) >= 11 is 7.81. The number of ether oxygens (including phenoxy) is 2. The van der Waals surface area contributed by atoms with Crippen LogP contribution in [0.15, 0.2) is 30.3 Å². The van der Waals surface area contributed by atoms with Gasteiger partial charge in [-0.15, -0.1) is 11.3 Å². The molecule has 1 N–H and O–H groups in total. The van der Waals surface area contributed by atoms with Gasteiger partial charge in [-0.25, -0.2) is 4.98 Å². The number of methoxy groups -OCH3 is 2. The van der Waals surface area contributed by atoms with Crippen LogP contribution in [0.25, 0.3) is 10.2 Å². The van der Waals surface area contributed by atoms with Crippen LogP contribution in [0.3, 0.4) is 0 Å². The molecule has 1 saturated heterocycles. The number of hydrogen-bond acceptors (Lipinski definition) is 6. The fraction of sp³-hybridized carbons (Fsp3) is 0.286. The van der Waals surface area contributed by atoms with E-state index in [0.717, 1.165) is 15.2 Å². The van der Waals surface area contributed by atoms with E-state index in [1.807, 2.05) is 25.1 Å². The molecular formula is C21H20ClN3O4S. The third-order valence-corrected chi connectivity index (χ3v) is 6.23. The lowest BCUT2D eigenvalue weighted by Gasteiger charge is -2.21. The summed E-state index contributed by atoms with van der Waals surface area (Å²) in [6, 6.07) is 8.85. The molecule has 0 spiro atoms. The molecule has 1 aromatic heterocycles. The molecule has 2 heterocycles. The van der Waals surface area contributed by atoms with Gasteiger partial charge in [-0.3, -0.25) is 9.59 Å². The second-order valence-electron chi connectivity index (χ2n) is 6.97. The smallest absolute Gasteiger partial charge is 0.229 e. The molecule has 0 bridgehead atoms. The summed E-state index contributed by atoms with van der Waals surface area (Å²) in [4.78, 5) is 31.4. The van der Waals surface area contributed by atoms with Crippen molar-refractivity contribution in [2.45, 2.75) is 13.3 Å². The quantitative estimate of drug-likeness (QED) is 0.634. The highest BCUT2D eigenvalue weighted by molar-refractivity contribution is 7.18. The van der Waals surface area contributed by atoms with E-state index in [0.29, 0.717) is 27.9 Å². The number of fused-ring (bicyclic) bond motifs is 1. The number of aromatic nitrogens is 1. The number of nitrogens with one attached hydrogen (secondary N) is 1. The lowest BCUT2D eigenvalue weighted by atomic mass is 10.1. The molecule has 0 saturated carbocycles. The van der Waals surface area contributed by atoms with Gasteiger partial charge < -0.3 is 19.7 Å². The van der Waals surface area contributed by atoms with Crippen molar-refractivity contribution < 1.29 is 19.1 Å². The van der Waals surface area contributed by atoms with Gasteiger partial charge in [-0.1, -0.05) is 11.6 Å². The zero-order valence-corrected chi connectivity index (χ0v) is 18.3. The van der Waals surface area contributed by atoms with Gasteiger partial charge in [0.05, 0.1) is 46.1 Å². The molecule has 0 radical (unpaired) electrons. The molecular weight excluding hydrogens is 426 g/mol. The maximum atomic E-state index is 12.8. The largest absolute Gasteiger partial charge is 0.495 e. The third-order valence-electron chi connectivity index (χ3n) is 5.00. The number of aryl methyl sites for hydroxylation is 1. The minimum atomic E-state index is -0.484. The molecule has 7 nitrogen and oxygen atoms in total. The van der Waals surface area contributed by atoms with Crippen LogP contribution >= 0.6 is 22.9 Å². The first-order valence-corrected chi connectivity index (χ1v) is 10.5. The molecule has 9 heteroatoms. The van der Waals surface area contributed by atoms with Gasteiger partial charge in [-0.05, 0) is 31.2 Å². The highest BCUT2D eigenvalue weighted by Crippen LogP contribution is 2.40. The van der Waals surface area contributed by atoms with Crippen molar-refractivity contribution in [2.24, 2.45) is 5.92 Å². The lowest BCUT2D eigenvalue weighted by Crippen LogP contribution is -2.28. The van der Waals surface area contributed by atoms with E-state index in [1.165, 1.54) is 19.1 Å². The molecule has 156 valence electrons. The van der Waals surface area contributed by atoms with Crippen LogP contribution in [0.4, 0.5) is 11.4 Å². The minimum Gasteiger partial charge on any atom is -0.495 e. The van der Waals surface area contributed by atoms with Crippen LogP contribution in [0.2, 0.25) is 5.02 Å². The molecule has 4 rings (SSSR count). The summed E-state index contributed by atoms with van der Waals surface area (Å²) in [5.74, 6) is 0.0544. The Bertz CT molecular complexity index is 1150. The second-order valence-corrected chi connectivity index (χ2v) is 8.61. The van der Waals surface area contributed by atoms with Crippen LogP contribution in [-0.2, 0) is 9.59 Å². The first-order chi connectivity index (χ1) is 14.4. The standard InChI is InChI=1S/C21H20ClN3O4S/c1-11-23-15-5-4-13(7-19(15)30-11)24-21(27)12-6-20(26)25(10-12)16-8-14(22)17(28-2)9-18(16)29-3/h4-5,7-9,12H,6,10H2,1-3H3,(H,24,27)/t12-/m1/s1. The molecule has 2 aromatic carbocycles. The molecule has 0 aliphatic carbocycles. The molecule has 1 atom stereocenters. The number of rotatable bonds is 5. The summed E-state index contributed by atoms with van der Waals surface area (Å²) in [6.07, 6.45) is 0.112. The van der Waals surface area contributed by atoms with E-state index in [9.17, 15) is 9.59 Å². The number of nitrogens with zero attached hydrogens (tertiary/aromatic N) is 2. The molecule has 1 fully saturated rings. The number of benzene rings is 2. The van der Waals surface area contributed by atoms with E-state index in [-0.39, 0.29) is 24.8 Å². The van der Waals surface area contributed by atoms with Gasteiger partial charge in [0.2, 0.25) is 11.8 Å². The number of hydrogen-bond donors (Lipinski definition) is 1. The van der Waals surface area contributed by atoms with E-state index in [4.69, 9.17) is 21.1 Å². The normalized spacial score (nSPS) is 16.2. The topological polar surface area (TPSA) is 80.8 Å². The predicted octanol–water partition coefficient (Wildman–Crippen LogP) is 4.27. The summed E-state index contributed by atoms with van der Waals surface area (Å²) in [5, 5.41) is 4.25. The van der Waals surface area contributed by atoms with Crippen molar-refractivity contribution in [3.63, 3.8) is 0 Å². The number of amides is 2. The Morgan fingerprint density at radius 1 is 1.23 bits per heavy atom. The average molecular weight is 446 g/mol. The summed E-state index contributed by atoms with van der Waals surface area (Å²) in [6.45, 7) is 2.19. The Kier molecular flexibility index (Phi) is 5.53. The van der Waals surface area contributed by atoms with Crippen LogP contribution in [-0.4, -0.2) is 37.6 Å². The summed E-state index contributed by atoms with van der Waals surface area (Å²) in [5.41, 5.74) is 2.11. The Morgan fingerprint density at radius 2 is 2.00 bits per heavy atom. The number of carbonyl (C=O) groups is 2. The van der Waals surface area contributed by atoms with Crippen LogP contribution in [0.5, 0.6) is 11.5 Å². The Labute approximate surface area is 182 Å². The molecule has 1 aliphatic rings. The highest BCUT2D eigenvalue weighted by Gasteiger charge is 2.36.